The Kier molecular flexibility index (Phi) is 9.58. The van der Waals surface area contributed by atoms with Crippen molar-refractivity contribution >= 4 is 39.5 Å². The smallest absolute Gasteiger partial charge is 0.242 e. The standard InChI is InChI=1S/C27H29BrN2O2S/c1-20-11-13-24(14-12-20)33-16-15-26(31)30(19-22-9-6-10-23(28)17-22)25(27(32)29-2)18-21-7-4-3-5-8-21/h3-14,17,25H,15-16,18-19H2,1-2H3,(H,29,32)/t25-/m1/s1. The third-order valence-electron chi connectivity index (χ3n) is 5.37. The second kappa shape index (κ2) is 12.6. The van der Waals surface area contributed by atoms with Crippen LogP contribution in [0.25, 0.3) is 0 Å². The van der Waals surface area contributed by atoms with E-state index in [1.54, 1.807) is 23.7 Å². The molecule has 0 radical (unpaired) electrons. The van der Waals surface area contributed by atoms with Crippen LogP contribution in [0.3, 0.4) is 0 Å². The highest BCUT2D eigenvalue weighted by Gasteiger charge is 2.29. The lowest BCUT2D eigenvalue weighted by Crippen LogP contribution is -2.49. The van der Waals surface area contributed by atoms with Crippen molar-refractivity contribution in [2.45, 2.75) is 37.2 Å². The van der Waals surface area contributed by atoms with E-state index in [-0.39, 0.29) is 11.8 Å². The van der Waals surface area contributed by atoms with Gasteiger partial charge in [-0.25, -0.2) is 0 Å². The Hall–Kier alpha value is -2.57. The van der Waals surface area contributed by atoms with Crippen LogP contribution in [-0.4, -0.2) is 35.6 Å². The fourth-order valence-corrected chi connectivity index (χ4v) is 4.87. The van der Waals surface area contributed by atoms with Crippen molar-refractivity contribution in [2.75, 3.05) is 12.8 Å². The van der Waals surface area contributed by atoms with Gasteiger partial charge in [-0.05, 0) is 42.3 Å². The van der Waals surface area contributed by atoms with E-state index in [2.05, 4.69) is 52.4 Å². The van der Waals surface area contributed by atoms with Crippen molar-refractivity contribution in [3.05, 3.63) is 100 Å². The van der Waals surface area contributed by atoms with Crippen molar-refractivity contribution in [3.8, 4) is 0 Å². The summed E-state index contributed by atoms with van der Waals surface area (Å²) in [6.45, 7) is 2.43. The zero-order valence-corrected chi connectivity index (χ0v) is 21.4. The summed E-state index contributed by atoms with van der Waals surface area (Å²) in [5, 5.41) is 2.76. The lowest BCUT2D eigenvalue weighted by atomic mass is 10.0. The number of thioether (sulfide) groups is 1. The Bertz CT molecular complexity index is 1060. The van der Waals surface area contributed by atoms with E-state index in [0.717, 1.165) is 20.5 Å². The lowest BCUT2D eigenvalue weighted by molar-refractivity contribution is -0.140. The molecule has 33 heavy (non-hydrogen) atoms. The van der Waals surface area contributed by atoms with Crippen molar-refractivity contribution in [3.63, 3.8) is 0 Å². The molecule has 0 aliphatic carbocycles. The predicted molar refractivity (Wildman–Crippen MR) is 139 cm³/mol. The van der Waals surface area contributed by atoms with Crippen LogP contribution in [0, 0.1) is 6.92 Å². The normalized spacial score (nSPS) is 11.6. The van der Waals surface area contributed by atoms with Crippen LogP contribution >= 0.6 is 27.7 Å². The maximum Gasteiger partial charge on any atom is 0.242 e. The van der Waals surface area contributed by atoms with Crippen LogP contribution in [-0.2, 0) is 22.6 Å². The van der Waals surface area contributed by atoms with Gasteiger partial charge in [-0.15, -0.1) is 11.8 Å². The molecular weight excluding hydrogens is 496 g/mol. The number of hydrogen-bond donors (Lipinski definition) is 1. The number of aryl methyl sites for hydroxylation is 1. The van der Waals surface area contributed by atoms with Gasteiger partial charge in [0, 0.05) is 41.6 Å². The second-order valence-electron chi connectivity index (χ2n) is 7.88. The molecule has 3 rings (SSSR count). The number of hydrogen-bond acceptors (Lipinski definition) is 3. The van der Waals surface area contributed by atoms with E-state index in [1.165, 1.54) is 5.56 Å². The Morgan fingerprint density at radius 1 is 0.970 bits per heavy atom. The number of halogens is 1. The molecule has 3 aromatic rings. The van der Waals surface area contributed by atoms with Gasteiger partial charge in [0.1, 0.15) is 6.04 Å². The van der Waals surface area contributed by atoms with Gasteiger partial charge < -0.3 is 10.2 Å². The van der Waals surface area contributed by atoms with Crippen LogP contribution < -0.4 is 5.32 Å². The minimum Gasteiger partial charge on any atom is -0.357 e. The average molecular weight is 526 g/mol. The van der Waals surface area contributed by atoms with E-state index < -0.39 is 6.04 Å². The van der Waals surface area contributed by atoms with E-state index in [9.17, 15) is 9.59 Å². The van der Waals surface area contributed by atoms with E-state index >= 15 is 0 Å². The highest BCUT2D eigenvalue weighted by Crippen LogP contribution is 2.22. The number of carbonyl (C=O) groups is 2. The van der Waals surface area contributed by atoms with Crippen LogP contribution in [0.1, 0.15) is 23.1 Å². The molecule has 0 spiro atoms. The number of rotatable bonds is 10. The molecule has 172 valence electrons. The molecule has 3 aromatic carbocycles. The number of nitrogens with one attached hydrogen (secondary N) is 1. The lowest BCUT2D eigenvalue weighted by Gasteiger charge is -2.31. The number of amides is 2. The second-order valence-corrected chi connectivity index (χ2v) is 9.97. The van der Waals surface area contributed by atoms with Gasteiger partial charge in [-0.3, -0.25) is 9.59 Å². The number of likely N-dealkylation sites (N-methyl/N-ethyl adjacent to an activating group) is 1. The summed E-state index contributed by atoms with van der Waals surface area (Å²) in [6, 6.07) is 25.4. The third kappa shape index (κ3) is 7.76. The SMILES string of the molecule is CNC(=O)[C@@H](Cc1ccccc1)N(Cc1cccc(Br)c1)C(=O)CCSc1ccc(C)cc1. The Morgan fingerprint density at radius 3 is 2.33 bits per heavy atom. The molecule has 0 saturated heterocycles. The zero-order chi connectivity index (χ0) is 23.6. The topological polar surface area (TPSA) is 49.4 Å². The summed E-state index contributed by atoms with van der Waals surface area (Å²) in [6.07, 6.45) is 0.820. The van der Waals surface area contributed by atoms with Gasteiger partial charge in [0.2, 0.25) is 11.8 Å². The first-order valence-electron chi connectivity index (χ1n) is 10.9. The molecule has 0 heterocycles. The van der Waals surface area contributed by atoms with Gasteiger partial charge in [-0.2, -0.15) is 0 Å². The van der Waals surface area contributed by atoms with Gasteiger partial charge in [0.25, 0.3) is 0 Å². The summed E-state index contributed by atoms with van der Waals surface area (Å²) in [7, 11) is 1.62. The quantitative estimate of drug-likeness (QED) is 0.350. The molecule has 0 aromatic heterocycles. The molecule has 0 saturated carbocycles. The average Bonchev–Trinajstić information content (AvgIpc) is 2.82. The molecule has 1 N–H and O–H groups in total. The van der Waals surface area contributed by atoms with Crippen LogP contribution in [0.2, 0.25) is 0 Å². The van der Waals surface area contributed by atoms with Crippen molar-refractivity contribution in [1.29, 1.82) is 0 Å². The maximum atomic E-state index is 13.4. The third-order valence-corrected chi connectivity index (χ3v) is 6.87. The summed E-state index contributed by atoms with van der Waals surface area (Å²) < 4.78 is 0.946. The van der Waals surface area contributed by atoms with E-state index in [1.807, 2.05) is 54.6 Å². The minimum absolute atomic E-state index is 0.0286. The number of carbonyl (C=O) groups excluding carboxylic acids is 2. The fourth-order valence-electron chi connectivity index (χ4n) is 3.59. The van der Waals surface area contributed by atoms with Crippen molar-refractivity contribution in [1.82, 2.24) is 10.2 Å². The van der Waals surface area contributed by atoms with Crippen LogP contribution in [0.5, 0.6) is 0 Å². The first kappa shape index (κ1) is 25.1. The summed E-state index contributed by atoms with van der Waals surface area (Å²) in [4.78, 5) is 29.2. The molecular formula is C27H29BrN2O2S. The van der Waals surface area contributed by atoms with Crippen LogP contribution in [0.15, 0.2) is 88.2 Å². The summed E-state index contributed by atoms with van der Waals surface area (Å²) in [5.74, 6) is 0.468. The Labute approximate surface area is 208 Å². The molecule has 0 fully saturated rings. The van der Waals surface area contributed by atoms with Gasteiger partial charge in [0.05, 0.1) is 0 Å². The molecule has 0 bridgehead atoms. The van der Waals surface area contributed by atoms with Gasteiger partial charge in [-0.1, -0.05) is 76.1 Å². The van der Waals surface area contributed by atoms with Gasteiger partial charge >= 0.3 is 0 Å². The molecule has 2 amide bonds. The van der Waals surface area contributed by atoms with Gasteiger partial charge in [0.15, 0.2) is 0 Å². The van der Waals surface area contributed by atoms with E-state index in [0.29, 0.717) is 25.1 Å². The summed E-state index contributed by atoms with van der Waals surface area (Å²) in [5.41, 5.74) is 3.21. The van der Waals surface area contributed by atoms with Crippen molar-refractivity contribution < 1.29 is 9.59 Å². The monoisotopic (exact) mass is 524 g/mol. The Balaban J connectivity index is 1.80. The first-order chi connectivity index (χ1) is 16.0. The fraction of sp³-hybridized carbons (Fsp3) is 0.259. The molecule has 0 aliphatic rings. The van der Waals surface area contributed by atoms with Crippen molar-refractivity contribution in [2.24, 2.45) is 0 Å². The molecule has 4 nitrogen and oxygen atoms in total. The minimum atomic E-state index is -0.590. The molecule has 0 unspecified atom stereocenters. The maximum absolute atomic E-state index is 13.4. The van der Waals surface area contributed by atoms with Crippen LogP contribution in [0.4, 0.5) is 0 Å². The highest BCUT2D eigenvalue weighted by atomic mass is 79.9. The molecule has 0 aliphatic heterocycles. The summed E-state index contributed by atoms with van der Waals surface area (Å²) >= 11 is 5.17. The predicted octanol–water partition coefficient (Wildman–Crippen LogP) is 5.63. The van der Waals surface area contributed by atoms with E-state index in [4.69, 9.17) is 0 Å². The number of benzene rings is 3. The molecule has 1 atom stereocenters. The zero-order valence-electron chi connectivity index (χ0n) is 19.0. The number of nitrogens with zero attached hydrogens (tertiary/aromatic N) is 1. The highest BCUT2D eigenvalue weighted by molar-refractivity contribution is 9.10. The largest absolute Gasteiger partial charge is 0.357 e. The first-order valence-corrected chi connectivity index (χ1v) is 12.7. The molecule has 6 heteroatoms. The Morgan fingerprint density at radius 2 is 1.67 bits per heavy atom.